The van der Waals surface area contributed by atoms with Crippen LogP contribution in [0.25, 0.3) is 0 Å². The number of hydrogen-bond acceptors (Lipinski definition) is 4. The van der Waals surface area contributed by atoms with Crippen LogP contribution in [-0.2, 0) is 12.7 Å². The first-order valence-corrected chi connectivity index (χ1v) is 8.46. The van der Waals surface area contributed by atoms with Gasteiger partial charge in [0, 0.05) is 11.8 Å². The van der Waals surface area contributed by atoms with Crippen LogP contribution in [0.2, 0.25) is 0 Å². The van der Waals surface area contributed by atoms with Gasteiger partial charge in [0.15, 0.2) is 0 Å². The van der Waals surface area contributed by atoms with Crippen molar-refractivity contribution in [2.24, 2.45) is 0 Å². The van der Waals surface area contributed by atoms with Crippen LogP contribution in [0, 0.1) is 0 Å². The second-order valence-corrected chi connectivity index (χ2v) is 6.10. The number of carbonyl (C=O) groups excluding carboxylic acids is 1. The molecule has 3 rings (SSSR count). The van der Waals surface area contributed by atoms with Crippen LogP contribution >= 0.6 is 0 Å². The quantitative estimate of drug-likeness (QED) is 0.707. The highest BCUT2D eigenvalue weighted by Gasteiger charge is 2.30. The summed E-state index contributed by atoms with van der Waals surface area (Å²) in [6.07, 6.45) is -4.49. The predicted octanol–water partition coefficient (Wildman–Crippen LogP) is 3.57. The normalized spacial score (nSPS) is 11.2. The van der Waals surface area contributed by atoms with Crippen molar-refractivity contribution < 1.29 is 22.7 Å². The zero-order valence-corrected chi connectivity index (χ0v) is 15.2. The Balaban J connectivity index is 1.80. The minimum Gasteiger partial charge on any atom is -0.497 e. The summed E-state index contributed by atoms with van der Waals surface area (Å²) in [6, 6.07) is 13.6. The van der Waals surface area contributed by atoms with Crippen LogP contribution in [0.5, 0.6) is 5.75 Å². The summed E-state index contributed by atoms with van der Waals surface area (Å²) in [7, 11) is 1.52. The molecule has 3 aromatic rings. The number of nitrogens with one attached hydrogen (secondary N) is 1. The summed E-state index contributed by atoms with van der Waals surface area (Å²) in [5.74, 6) is 0.0590. The Hall–Kier alpha value is -3.62. The van der Waals surface area contributed by atoms with Crippen LogP contribution in [0.15, 0.2) is 65.5 Å². The summed E-state index contributed by atoms with van der Waals surface area (Å²) >= 11 is 0. The third kappa shape index (κ3) is 5.01. The van der Waals surface area contributed by atoms with Crippen molar-refractivity contribution in [2.75, 3.05) is 12.4 Å². The van der Waals surface area contributed by atoms with Crippen LogP contribution in [-0.4, -0.2) is 22.8 Å². The number of ether oxygens (including phenoxy) is 1. The molecular formula is C20H16F3N3O3. The third-order valence-corrected chi connectivity index (χ3v) is 4.03. The van der Waals surface area contributed by atoms with E-state index in [2.05, 4.69) is 10.4 Å². The molecule has 29 heavy (non-hydrogen) atoms. The predicted molar refractivity (Wildman–Crippen MR) is 100.0 cm³/mol. The first kappa shape index (κ1) is 20.1. The maximum atomic E-state index is 12.9. The summed E-state index contributed by atoms with van der Waals surface area (Å²) in [6.45, 7) is -0.202. The van der Waals surface area contributed by atoms with E-state index in [9.17, 15) is 22.8 Å². The molecular weight excluding hydrogens is 387 g/mol. The van der Waals surface area contributed by atoms with E-state index >= 15 is 0 Å². The van der Waals surface area contributed by atoms with Crippen molar-refractivity contribution in [1.29, 1.82) is 0 Å². The highest BCUT2D eigenvalue weighted by Crippen LogP contribution is 2.29. The SMILES string of the molecule is COc1ccc(NC(=O)c2ccc(=O)n(Cc3cccc(C(F)(F)F)c3)n2)cc1. The fourth-order valence-electron chi connectivity index (χ4n) is 2.57. The first-order valence-electron chi connectivity index (χ1n) is 8.46. The molecule has 0 aliphatic rings. The van der Waals surface area contributed by atoms with E-state index in [4.69, 9.17) is 4.74 Å². The Bertz CT molecular complexity index is 1080. The Morgan fingerprint density at radius 1 is 1.10 bits per heavy atom. The second-order valence-electron chi connectivity index (χ2n) is 6.10. The molecule has 0 fully saturated rings. The molecule has 0 unspecified atom stereocenters. The largest absolute Gasteiger partial charge is 0.497 e. The number of hydrogen-bond donors (Lipinski definition) is 1. The van der Waals surface area contributed by atoms with Crippen molar-refractivity contribution in [2.45, 2.75) is 12.7 Å². The zero-order chi connectivity index (χ0) is 21.0. The minimum absolute atomic E-state index is 0.0487. The van der Waals surface area contributed by atoms with Crippen molar-refractivity contribution in [1.82, 2.24) is 9.78 Å². The summed E-state index contributed by atoms with van der Waals surface area (Å²) in [5.41, 5.74) is -0.678. The Morgan fingerprint density at radius 3 is 2.48 bits per heavy atom. The number of carbonyl (C=O) groups is 1. The van der Waals surface area contributed by atoms with Gasteiger partial charge in [-0.15, -0.1) is 0 Å². The number of rotatable bonds is 5. The summed E-state index contributed by atoms with van der Waals surface area (Å²) in [5, 5.41) is 6.60. The van der Waals surface area contributed by atoms with Crippen molar-refractivity contribution in [3.05, 3.63) is 87.8 Å². The molecule has 2 aromatic carbocycles. The highest BCUT2D eigenvalue weighted by atomic mass is 19.4. The summed E-state index contributed by atoms with van der Waals surface area (Å²) in [4.78, 5) is 24.4. The lowest BCUT2D eigenvalue weighted by Crippen LogP contribution is -2.26. The molecule has 150 valence electrons. The van der Waals surface area contributed by atoms with E-state index in [0.29, 0.717) is 11.4 Å². The van der Waals surface area contributed by atoms with Gasteiger partial charge in [-0.3, -0.25) is 9.59 Å². The molecule has 9 heteroatoms. The van der Waals surface area contributed by atoms with E-state index < -0.39 is 23.2 Å². The fourth-order valence-corrected chi connectivity index (χ4v) is 2.57. The molecule has 1 amide bonds. The molecule has 0 radical (unpaired) electrons. The van der Waals surface area contributed by atoms with E-state index in [1.165, 1.54) is 25.3 Å². The Kier molecular flexibility index (Phi) is 5.67. The van der Waals surface area contributed by atoms with Gasteiger partial charge in [0.05, 0.1) is 19.2 Å². The summed E-state index contributed by atoms with van der Waals surface area (Å²) < 4.78 is 44.6. The molecule has 0 bridgehead atoms. The first-order chi connectivity index (χ1) is 13.8. The average molecular weight is 403 g/mol. The van der Waals surface area contributed by atoms with Gasteiger partial charge >= 0.3 is 6.18 Å². The van der Waals surface area contributed by atoms with Gasteiger partial charge in [-0.05, 0) is 48.0 Å². The lowest BCUT2D eigenvalue weighted by atomic mass is 10.1. The maximum absolute atomic E-state index is 12.9. The number of alkyl halides is 3. The molecule has 0 saturated heterocycles. The van der Waals surface area contributed by atoms with Gasteiger partial charge in [-0.2, -0.15) is 18.3 Å². The van der Waals surface area contributed by atoms with E-state index in [0.717, 1.165) is 22.9 Å². The third-order valence-electron chi connectivity index (χ3n) is 4.03. The number of benzene rings is 2. The van der Waals surface area contributed by atoms with Crippen LogP contribution in [0.1, 0.15) is 21.6 Å². The number of aromatic nitrogens is 2. The maximum Gasteiger partial charge on any atom is 0.416 e. The van der Waals surface area contributed by atoms with Gasteiger partial charge in [-0.1, -0.05) is 12.1 Å². The molecule has 1 N–H and O–H groups in total. The molecule has 0 atom stereocenters. The number of anilines is 1. The fraction of sp³-hybridized carbons (Fsp3) is 0.150. The number of halogens is 3. The molecule has 0 aliphatic heterocycles. The van der Waals surface area contributed by atoms with Gasteiger partial charge in [0.25, 0.3) is 11.5 Å². The molecule has 0 aliphatic carbocycles. The lowest BCUT2D eigenvalue weighted by Gasteiger charge is -2.10. The standard InChI is InChI=1S/C20H16F3N3O3/c1-29-16-7-5-15(6-8-16)24-19(28)17-9-10-18(27)26(25-17)12-13-3-2-4-14(11-13)20(21,22)23/h2-11H,12H2,1H3,(H,24,28). The van der Waals surface area contributed by atoms with Gasteiger partial charge in [0.1, 0.15) is 11.4 Å². The molecule has 0 spiro atoms. The number of methoxy groups -OCH3 is 1. The van der Waals surface area contributed by atoms with Gasteiger partial charge in [0.2, 0.25) is 0 Å². The average Bonchev–Trinajstić information content (AvgIpc) is 2.70. The molecule has 0 saturated carbocycles. The van der Waals surface area contributed by atoms with Gasteiger partial charge in [-0.25, -0.2) is 4.68 Å². The van der Waals surface area contributed by atoms with E-state index in [-0.39, 0.29) is 17.8 Å². The second kappa shape index (κ2) is 8.17. The molecule has 1 heterocycles. The smallest absolute Gasteiger partial charge is 0.416 e. The van der Waals surface area contributed by atoms with Crippen LogP contribution in [0.4, 0.5) is 18.9 Å². The van der Waals surface area contributed by atoms with Crippen molar-refractivity contribution >= 4 is 11.6 Å². The lowest BCUT2D eigenvalue weighted by molar-refractivity contribution is -0.137. The topological polar surface area (TPSA) is 73.2 Å². The van der Waals surface area contributed by atoms with Crippen LogP contribution < -0.4 is 15.6 Å². The Labute approximate surface area is 163 Å². The Morgan fingerprint density at radius 2 is 1.83 bits per heavy atom. The number of amides is 1. The van der Waals surface area contributed by atoms with Gasteiger partial charge < -0.3 is 10.1 Å². The van der Waals surface area contributed by atoms with E-state index in [1.807, 2.05) is 0 Å². The molecule has 1 aromatic heterocycles. The van der Waals surface area contributed by atoms with Crippen LogP contribution in [0.3, 0.4) is 0 Å². The van der Waals surface area contributed by atoms with Crippen molar-refractivity contribution in [3.8, 4) is 5.75 Å². The van der Waals surface area contributed by atoms with Crippen molar-refractivity contribution in [3.63, 3.8) is 0 Å². The molecule has 6 nitrogen and oxygen atoms in total. The highest BCUT2D eigenvalue weighted by molar-refractivity contribution is 6.02. The zero-order valence-electron chi connectivity index (χ0n) is 15.2. The minimum atomic E-state index is -4.49. The monoisotopic (exact) mass is 403 g/mol. The number of nitrogens with zero attached hydrogens (tertiary/aromatic N) is 2. The van der Waals surface area contributed by atoms with E-state index in [1.54, 1.807) is 24.3 Å².